The fourth-order valence-corrected chi connectivity index (χ4v) is 4.96. The molecule has 1 fully saturated rings. The SMILES string of the molecule is NC(=O)CSc1ccccc1C(=O)N1CCN(C(c2ccc(F)cc2)c2ccc(F)cc2)CC1. The van der Waals surface area contributed by atoms with Gasteiger partial charge in [0.15, 0.2) is 0 Å². The molecule has 0 saturated carbocycles. The van der Waals surface area contributed by atoms with E-state index in [0.29, 0.717) is 31.7 Å². The molecular formula is C26H25F2N3O2S. The lowest BCUT2D eigenvalue weighted by Crippen LogP contribution is -2.50. The minimum absolute atomic E-state index is 0.0904. The number of rotatable bonds is 7. The Morgan fingerprint density at radius 1 is 0.824 bits per heavy atom. The first-order valence-electron chi connectivity index (χ1n) is 11.0. The molecule has 0 aromatic heterocycles. The fourth-order valence-electron chi connectivity index (χ4n) is 4.18. The van der Waals surface area contributed by atoms with Crippen LogP contribution in [0.4, 0.5) is 8.78 Å². The zero-order valence-corrected chi connectivity index (χ0v) is 19.3. The number of nitrogens with zero attached hydrogens (tertiary/aromatic N) is 2. The van der Waals surface area contributed by atoms with Crippen LogP contribution < -0.4 is 5.73 Å². The van der Waals surface area contributed by atoms with E-state index in [1.54, 1.807) is 41.3 Å². The van der Waals surface area contributed by atoms with Crippen molar-refractivity contribution in [2.24, 2.45) is 5.73 Å². The van der Waals surface area contributed by atoms with Gasteiger partial charge in [0.1, 0.15) is 11.6 Å². The normalized spacial score (nSPS) is 14.4. The first-order valence-corrected chi connectivity index (χ1v) is 12.0. The van der Waals surface area contributed by atoms with E-state index in [9.17, 15) is 18.4 Å². The maximum absolute atomic E-state index is 13.5. The fraction of sp³-hybridized carbons (Fsp3) is 0.231. The molecule has 176 valence electrons. The van der Waals surface area contributed by atoms with Crippen LogP contribution in [0.15, 0.2) is 77.7 Å². The second kappa shape index (κ2) is 10.8. The smallest absolute Gasteiger partial charge is 0.255 e. The third-order valence-electron chi connectivity index (χ3n) is 5.83. The highest BCUT2D eigenvalue weighted by Gasteiger charge is 2.29. The van der Waals surface area contributed by atoms with Crippen molar-refractivity contribution in [2.45, 2.75) is 10.9 Å². The average Bonchev–Trinajstić information content (AvgIpc) is 2.85. The Labute approximate surface area is 201 Å². The van der Waals surface area contributed by atoms with Crippen LogP contribution in [0, 0.1) is 11.6 Å². The predicted octanol–water partition coefficient (Wildman–Crippen LogP) is 4.09. The summed E-state index contributed by atoms with van der Waals surface area (Å²) in [6.07, 6.45) is 0. The molecule has 1 aliphatic rings. The van der Waals surface area contributed by atoms with Crippen LogP contribution in [0.2, 0.25) is 0 Å². The number of carbonyl (C=O) groups is 2. The Kier molecular flexibility index (Phi) is 7.59. The molecule has 0 aliphatic carbocycles. The van der Waals surface area contributed by atoms with Crippen molar-refractivity contribution in [3.8, 4) is 0 Å². The molecule has 0 bridgehead atoms. The highest BCUT2D eigenvalue weighted by molar-refractivity contribution is 8.00. The molecule has 1 saturated heterocycles. The van der Waals surface area contributed by atoms with Gasteiger partial charge >= 0.3 is 0 Å². The van der Waals surface area contributed by atoms with E-state index in [0.717, 1.165) is 16.0 Å². The molecule has 1 heterocycles. The van der Waals surface area contributed by atoms with E-state index in [1.165, 1.54) is 36.0 Å². The lowest BCUT2D eigenvalue weighted by molar-refractivity contribution is -0.115. The lowest BCUT2D eigenvalue weighted by atomic mass is 9.96. The molecule has 0 unspecified atom stereocenters. The minimum Gasteiger partial charge on any atom is -0.369 e. The first kappa shape index (κ1) is 23.9. The molecule has 2 amide bonds. The van der Waals surface area contributed by atoms with Crippen LogP contribution in [-0.2, 0) is 4.79 Å². The zero-order chi connectivity index (χ0) is 24.1. The van der Waals surface area contributed by atoms with Crippen molar-refractivity contribution in [3.63, 3.8) is 0 Å². The molecule has 0 atom stereocenters. The number of hydrogen-bond donors (Lipinski definition) is 1. The van der Waals surface area contributed by atoms with Gasteiger partial charge in [0.25, 0.3) is 5.91 Å². The first-order chi connectivity index (χ1) is 16.4. The van der Waals surface area contributed by atoms with Gasteiger partial charge < -0.3 is 10.6 Å². The van der Waals surface area contributed by atoms with Gasteiger partial charge in [-0.1, -0.05) is 36.4 Å². The van der Waals surface area contributed by atoms with Gasteiger partial charge in [-0.2, -0.15) is 0 Å². The van der Waals surface area contributed by atoms with Gasteiger partial charge in [0, 0.05) is 31.1 Å². The number of benzene rings is 3. The molecule has 1 aliphatic heterocycles. The van der Waals surface area contributed by atoms with Gasteiger partial charge in [-0.25, -0.2) is 8.78 Å². The molecule has 8 heteroatoms. The molecule has 3 aromatic carbocycles. The van der Waals surface area contributed by atoms with Crippen LogP contribution in [-0.4, -0.2) is 53.5 Å². The summed E-state index contributed by atoms with van der Waals surface area (Å²) in [7, 11) is 0. The number of hydrogen-bond acceptors (Lipinski definition) is 4. The lowest BCUT2D eigenvalue weighted by Gasteiger charge is -2.40. The Balaban J connectivity index is 1.51. The third-order valence-corrected chi connectivity index (χ3v) is 6.92. The molecule has 4 rings (SSSR count). The maximum atomic E-state index is 13.5. The molecule has 34 heavy (non-hydrogen) atoms. The summed E-state index contributed by atoms with van der Waals surface area (Å²) >= 11 is 1.26. The van der Waals surface area contributed by atoms with Crippen LogP contribution in [0.5, 0.6) is 0 Å². The van der Waals surface area contributed by atoms with E-state index < -0.39 is 5.91 Å². The zero-order valence-electron chi connectivity index (χ0n) is 18.5. The highest BCUT2D eigenvalue weighted by atomic mass is 32.2. The standard InChI is InChI=1S/C26H25F2N3O2S/c27-20-9-5-18(6-10-20)25(19-7-11-21(28)12-8-19)30-13-15-31(16-14-30)26(33)22-3-1-2-4-23(22)34-17-24(29)32/h1-12,25H,13-17H2,(H2,29,32). The second-order valence-corrected chi connectivity index (χ2v) is 9.10. The minimum atomic E-state index is -0.437. The van der Waals surface area contributed by atoms with Crippen LogP contribution in [0.3, 0.4) is 0 Å². The highest BCUT2D eigenvalue weighted by Crippen LogP contribution is 2.31. The van der Waals surface area contributed by atoms with E-state index in [2.05, 4.69) is 4.90 Å². The van der Waals surface area contributed by atoms with E-state index >= 15 is 0 Å². The summed E-state index contributed by atoms with van der Waals surface area (Å²) in [4.78, 5) is 29.2. The van der Waals surface area contributed by atoms with Crippen molar-refractivity contribution in [2.75, 3.05) is 31.9 Å². The van der Waals surface area contributed by atoms with Gasteiger partial charge in [0.05, 0.1) is 17.4 Å². The summed E-state index contributed by atoms with van der Waals surface area (Å²) in [5, 5.41) is 0. The van der Waals surface area contributed by atoms with Crippen molar-refractivity contribution in [1.29, 1.82) is 0 Å². The van der Waals surface area contributed by atoms with Crippen molar-refractivity contribution < 1.29 is 18.4 Å². The number of nitrogens with two attached hydrogens (primary N) is 1. The van der Waals surface area contributed by atoms with E-state index in [-0.39, 0.29) is 29.3 Å². The quantitative estimate of drug-likeness (QED) is 0.517. The van der Waals surface area contributed by atoms with Crippen molar-refractivity contribution >= 4 is 23.6 Å². The molecule has 0 spiro atoms. The maximum Gasteiger partial charge on any atom is 0.255 e. The number of piperazine rings is 1. The van der Waals surface area contributed by atoms with Crippen LogP contribution in [0.1, 0.15) is 27.5 Å². The molecular weight excluding hydrogens is 456 g/mol. The largest absolute Gasteiger partial charge is 0.369 e. The monoisotopic (exact) mass is 481 g/mol. The van der Waals surface area contributed by atoms with Gasteiger partial charge in [0.2, 0.25) is 5.91 Å². The predicted molar refractivity (Wildman–Crippen MR) is 128 cm³/mol. The van der Waals surface area contributed by atoms with Gasteiger partial charge in [-0.15, -0.1) is 11.8 Å². The summed E-state index contributed by atoms with van der Waals surface area (Å²) in [5.74, 6) is -1.05. The second-order valence-electron chi connectivity index (χ2n) is 8.08. The molecule has 2 N–H and O–H groups in total. The van der Waals surface area contributed by atoms with Crippen molar-refractivity contribution in [1.82, 2.24) is 9.80 Å². The molecule has 0 radical (unpaired) electrons. The van der Waals surface area contributed by atoms with Crippen LogP contribution >= 0.6 is 11.8 Å². The number of amides is 2. The van der Waals surface area contributed by atoms with Crippen LogP contribution in [0.25, 0.3) is 0 Å². The Hall–Kier alpha value is -3.23. The van der Waals surface area contributed by atoms with E-state index in [4.69, 9.17) is 5.73 Å². The number of halogens is 2. The average molecular weight is 482 g/mol. The number of primary amides is 1. The van der Waals surface area contributed by atoms with Crippen molar-refractivity contribution in [3.05, 3.63) is 101 Å². The summed E-state index contributed by atoms with van der Waals surface area (Å²) in [5.41, 5.74) is 7.62. The summed E-state index contributed by atoms with van der Waals surface area (Å²) in [6.45, 7) is 2.21. The third kappa shape index (κ3) is 5.63. The Morgan fingerprint density at radius 3 is 1.88 bits per heavy atom. The number of thioether (sulfide) groups is 1. The summed E-state index contributed by atoms with van der Waals surface area (Å²) < 4.78 is 27.1. The number of carbonyl (C=O) groups excluding carboxylic acids is 2. The molecule has 3 aromatic rings. The topological polar surface area (TPSA) is 66.6 Å². The van der Waals surface area contributed by atoms with Gasteiger partial charge in [-0.3, -0.25) is 14.5 Å². The Bertz CT molecular complexity index is 1100. The molecule has 5 nitrogen and oxygen atoms in total. The van der Waals surface area contributed by atoms with E-state index in [1.807, 2.05) is 12.1 Å². The summed E-state index contributed by atoms with van der Waals surface area (Å²) in [6, 6.07) is 19.7. The Morgan fingerprint density at radius 2 is 1.35 bits per heavy atom. The van der Waals surface area contributed by atoms with Gasteiger partial charge in [-0.05, 0) is 47.5 Å².